The maximum atomic E-state index is 11.0. The summed E-state index contributed by atoms with van der Waals surface area (Å²) < 4.78 is 0. The van der Waals surface area contributed by atoms with E-state index in [1.54, 1.807) is 6.07 Å². The predicted molar refractivity (Wildman–Crippen MR) is 67.6 cm³/mol. The summed E-state index contributed by atoms with van der Waals surface area (Å²) in [6.07, 6.45) is 0. The van der Waals surface area contributed by atoms with Crippen LogP contribution in [0.1, 0.15) is 36.7 Å². The standard InChI is InChI=1S/C13H20N2O/c1-8(2)10(4)15-12-6-5-11(13(14)16)7-9(12)3/h5-8,10,15H,1-4H3,(H2,14,16). The van der Waals surface area contributed by atoms with E-state index in [0.717, 1.165) is 11.3 Å². The number of aryl methyl sites for hydroxylation is 1. The molecule has 0 saturated carbocycles. The van der Waals surface area contributed by atoms with E-state index in [1.165, 1.54) is 0 Å². The van der Waals surface area contributed by atoms with Crippen molar-refractivity contribution in [2.24, 2.45) is 11.7 Å². The van der Waals surface area contributed by atoms with Crippen LogP contribution in [0.25, 0.3) is 0 Å². The largest absolute Gasteiger partial charge is 0.382 e. The molecule has 16 heavy (non-hydrogen) atoms. The van der Waals surface area contributed by atoms with Crippen molar-refractivity contribution in [1.82, 2.24) is 0 Å². The molecule has 0 aliphatic rings. The Morgan fingerprint density at radius 1 is 1.31 bits per heavy atom. The summed E-state index contributed by atoms with van der Waals surface area (Å²) in [5.41, 5.74) is 7.89. The summed E-state index contributed by atoms with van der Waals surface area (Å²) in [6, 6.07) is 5.88. The van der Waals surface area contributed by atoms with Gasteiger partial charge in [0.05, 0.1) is 0 Å². The van der Waals surface area contributed by atoms with E-state index < -0.39 is 0 Å². The number of hydrogen-bond acceptors (Lipinski definition) is 2. The Labute approximate surface area is 97.0 Å². The summed E-state index contributed by atoms with van der Waals surface area (Å²) >= 11 is 0. The van der Waals surface area contributed by atoms with Gasteiger partial charge in [-0.15, -0.1) is 0 Å². The molecule has 1 aromatic rings. The van der Waals surface area contributed by atoms with Crippen LogP contribution in [0.3, 0.4) is 0 Å². The van der Waals surface area contributed by atoms with Gasteiger partial charge >= 0.3 is 0 Å². The number of carbonyl (C=O) groups excluding carboxylic acids is 1. The molecule has 3 heteroatoms. The van der Waals surface area contributed by atoms with E-state index in [4.69, 9.17) is 5.73 Å². The number of carbonyl (C=O) groups is 1. The minimum Gasteiger partial charge on any atom is -0.382 e. The van der Waals surface area contributed by atoms with Gasteiger partial charge in [0.2, 0.25) is 5.91 Å². The molecule has 0 bridgehead atoms. The molecule has 0 radical (unpaired) electrons. The van der Waals surface area contributed by atoms with Gasteiger partial charge in [-0.3, -0.25) is 4.79 Å². The van der Waals surface area contributed by atoms with Crippen molar-refractivity contribution in [3.05, 3.63) is 29.3 Å². The lowest BCUT2D eigenvalue weighted by Crippen LogP contribution is -2.22. The molecule has 0 spiro atoms. The van der Waals surface area contributed by atoms with E-state index in [2.05, 4.69) is 26.1 Å². The van der Waals surface area contributed by atoms with Crippen LogP contribution in [-0.4, -0.2) is 11.9 Å². The maximum Gasteiger partial charge on any atom is 0.248 e. The molecule has 1 atom stereocenters. The highest BCUT2D eigenvalue weighted by atomic mass is 16.1. The topological polar surface area (TPSA) is 55.1 Å². The normalized spacial score (nSPS) is 12.6. The molecule has 0 heterocycles. The molecular weight excluding hydrogens is 200 g/mol. The highest BCUT2D eigenvalue weighted by Crippen LogP contribution is 2.19. The molecule has 3 N–H and O–H groups in total. The Hall–Kier alpha value is -1.51. The van der Waals surface area contributed by atoms with Crippen LogP contribution in [0.4, 0.5) is 5.69 Å². The van der Waals surface area contributed by atoms with Gasteiger partial charge in [0, 0.05) is 17.3 Å². The number of rotatable bonds is 4. The van der Waals surface area contributed by atoms with Gasteiger partial charge in [0.15, 0.2) is 0 Å². The summed E-state index contributed by atoms with van der Waals surface area (Å²) in [5.74, 6) is 0.182. The molecule has 1 unspecified atom stereocenters. The number of benzene rings is 1. The number of primary amides is 1. The zero-order valence-electron chi connectivity index (χ0n) is 10.4. The molecular formula is C13H20N2O. The number of nitrogens with two attached hydrogens (primary N) is 1. The zero-order chi connectivity index (χ0) is 12.3. The summed E-state index contributed by atoms with van der Waals surface area (Å²) in [5, 5.41) is 3.42. The van der Waals surface area contributed by atoms with Gasteiger partial charge in [-0.05, 0) is 43.5 Å². The SMILES string of the molecule is Cc1cc(C(N)=O)ccc1NC(C)C(C)C. The minimum atomic E-state index is -0.383. The van der Waals surface area contributed by atoms with Crippen molar-refractivity contribution in [1.29, 1.82) is 0 Å². The highest BCUT2D eigenvalue weighted by Gasteiger charge is 2.09. The zero-order valence-corrected chi connectivity index (χ0v) is 10.4. The molecule has 0 aliphatic carbocycles. The van der Waals surface area contributed by atoms with E-state index >= 15 is 0 Å². The highest BCUT2D eigenvalue weighted by molar-refractivity contribution is 5.93. The lowest BCUT2D eigenvalue weighted by Gasteiger charge is -2.20. The molecule has 0 fully saturated rings. The number of nitrogens with one attached hydrogen (secondary N) is 1. The average Bonchev–Trinajstić information content (AvgIpc) is 2.20. The first-order valence-electron chi connectivity index (χ1n) is 5.58. The van der Waals surface area contributed by atoms with Crippen LogP contribution in [0, 0.1) is 12.8 Å². The first kappa shape index (κ1) is 12.6. The van der Waals surface area contributed by atoms with E-state index in [0.29, 0.717) is 17.5 Å². The Morgan fingerprint density at radius 2 is 1.94 bits per heavy atom. The summed E-state index contributed by atoms with van der Waals surface area (Å²) in [7, 11) is 0. The molecule has 1 amide bonds. The van der Waals surface area contributed by atoms with Crippen molar-refractivity contribution in [2.75, 3.05) is 5.32 Å². The first-order chi connectivity index (χ1) is 7.41. The van der Waals surface area contributed by atoms with Gasteiger partial charge in [0.1, 0.15) is 0 Å². The average molecular weight is 220 g/mol. The van der Waals surface area contributed by atoms with Crippen molar-refractivity contribution in [3.63, 3.8) is 0 Å². The molecule has 0 saturated heterocycles. The Balaban J connectivity index is 2.87. The van der Waals surface area contributed by atoms with Crippen molar-refractivity contribution >= 4 is 11.6 Å². The Morgan fingerprint density at radius 3 is 2.38 bits per heavy atom. The van der Waals surface area contributed by atoms with Gasteiger partial charge < -0.3 is 11.1 Å². The van der Waals surface area contributed by atoms with Crippen LogP contribution in [0.5, 0.6) is 0 Å². The molecule has 1 aromatic carbocycles. The molecule has 88 valence electrons. The van der Waals surface area contributed by atoms with Crippen molar-refractivity contribution in [3.8, 4) is 0 Å². The number of anilines is 1. The minimum absolute atomic E-state index is 0.383. The van der Waals surface area contributed by atoms with Crippen LogP contribution in [0.15, 0.2) is 18.2 Å². The third kappa shape index (κ3) is 2.99. The fourth-order valence-electron chi connectivity index (χ4n) is 1.39. The van der Waals surface area contributed by atoms with Crippen molar-refractivity contribution < 1.29 is 4.79 Å². The van der Waals surface area contributed by atoms with Crippen LogP contribution in [0.2, 0.25) is 0 Å². The summed E-state index contributed by atoms with van der Waals surface area (Å²) in [6.45, 7) is 8.46. The maximum absolute atomic E-state index is 11.0. The third-order valence-corrected chi connectivity index (χ3v) is 2.89. The monoisotopic (exact) mass is 220 g/mol. The smallest absolute Gasteiger partial charge is 0.248 e. The number of hydrogen-bond donors (Lipinski definition) is 2. The van der Waals surface area contributed by atoms with Crippen LogP contribution in [-0.2, 0) is 0 Å². The van der Waals surface area contributed by atoms with Crippen LogP contribution >= 0.6 is 0 Å². The quantitative estimate of drug-likeness (QED) is 0.819. The summed E-state index contributed by atoms with van der Waals surface area (Å²) in [4.78, 5) is 11.0. The molecule has 1 rings (SSSR count). The Bertz CT molecular complexity index is 386. The van der Waals surface area contributed by atoms with Gasteiger partial charge in [-0.1, -0.05) is 13.8 Å². The first-order valence-corrected chi connectivity index (χ1v) is 5.58. The molecule has 0 aromatic heterocycles. The lowest BCUT2D eigenvalue weighted by atomic mass is 10.0. The third-order valence-electron chi connectivity index (χ3n) is 2.89. The van der Waals surface area contributed by atoms with E-state index in [1.807, 2.05) is 19.1 Å². The van der Waals surface area contributed by atoms with Gasteiger partial charge in [-0.2, -0.15) is 0 Å². The number of amides is 1. The lowest BCUT2D eigenvalue weighted by molar-refractivity contribution is 0.1000. The van der Waals surface area contributed by atoms with Crippen molar-refractivity contribution in [2.45, 2.75) is 33.7 Å². The molecule has 3 nitrogen and oxygen atoms in total. The van der Waals surface area contributed by atoms with Gasteiger partial charge in [0.25, 0.3) is 0 Å². The predicted octanol–water partition coefficient (Wildman–Crippen LogP) is 2.55. The Kier molecular flexibility index (Phi) is 3.93. The van der Waals surface area contributed by atoms with E-state index in [-0.39, 0.29) is 5.91 Å². The molecule has 0 aliphatic heterocycles. The second-order valence-corrected chi connectivity index (χ2v) is 4.57. The van der Waals surface area contributed by atoms with Crippen LogP contribution < -0.4 is 11.1 Å². The second-order valence-electron chi connectivity index (χ2n) is 4.57. The van der Waals surface area contributed by atoms with Gasteiger partial charge in [-0.25, -0.2) is 0 Å². The van der Waals surface area contributed by atoms with E-state index in [9.17, 15) is 4.79 Å². The fourth-order valence-corrected chi connectivity index (χ4v) is 1.39. The second kappa shape index (κ2) is 5.01. The fraction of sp³-hybridized carbons (Fsp3) is 0.462.